The molecule has 0 aliphatic rings. The van der Waals surface area contributed by atoms with Crippen LogP contribution in [0.4, 0.5) is 18.9 Å². The number of rotatable bonds is 6. The van der Waals surface area contributed by atoms with Gasteiger partial charge >= 0.3 is 12.1 Å². The van der Waals surface area contributed by atoms with Crippen molar-refractivity contribution in [3.8, 4) is 0 Å². The molecule has 0 spiro atoms. The molecule has 0 saturated heterocycles. The van der Waals surface area contributed by atoms with Gasteiger partial charge in [0.15, 0.2) is 0 Å². The summed E-state index contributed by atoms with van der Waals surface area (Å²) in [6.07, 6.45) is -1.79. The zero-order chi connectivity index (χ0) is 20.9. The molecular formula is C20H22F3N3O2. The maximum Gasteiger partial charge on any atom is 0.433 e. The van der Waals surface area contributed by atoms with Gasteiger partial charge in [-0.3, -0.25) is 4.98 Å². The van der Waals surface area contributed by atoms with Gasteiger partial charge in [0.2, 0.25) is 0 Å². The van der Waals surface area contributed by atoms with Gasteiger partial charge in [0.25, 0.3) is 0 Å². The Morgan fingerprint density at radius 2 is 1.96 bits per heavy atom. The fraction of sp³-hybridized carbons (Fsp3) is 0.350. The maximum absolute atomic E-state index is 12.7. The van der Waals surface area contributed by atoms with Crippen LogP contribution in [0, 0.1) is 13.8 Å². The van der Waals surface area contributed by atoms with Crippen LogP contribution in [0.15, 0.2) is 35.5 Å². The van der Waals surface area contributed by atoms with E-state index >= 15 is 0 Å². The average molecular weight is 393 g/mol. The third kappa shape index (κ3) is 5.55. The number of aryl methyl sites for hydroxylation is 2. The summed E-state index contributed by atoms with van der Waals surface area (Å²) in [5.74, 6) is -0.604. The lowest BCUT2D eigenvalue weighted by atomic mass is 10.0. The standard InChI is InChI=1S/C20H22F3N3O2/c1-5-26(4)12-25-17-9-13(2)16(8-14(17)3)19(27)28-11-15-6-7-24-18(10-15)20(21,22)23/h6-10,12H,5,11H2,1-4H3/b25-12+. The molecule has 8 heteroatoms. The Kier molecular flexibility index (Phi) is 6.77. The number of nitrogens with zero attached hydrogens (tertiary/aromatic N) is 3. The molecule has 2 aromatic rings. The molecule has 0 N–H and O–H groups in total. The van der Waals surface area contributed by atoms with Crippen LogP contribution in [0.5, 0.6) is 0 Å². The first kappa shape index (κ1) is 21.4. The summed E-state index contributed by atoms with van der Waals surface area (Å²) < 4.78 is 43.3. The Balaban J connectivity index is 2.13. The van der Waals surface area contributed by atoms with E-state index in [1.807, 2.05) is 25.8 Å². The fourth-order valence-electron chi connectivity index (χ4n) is 2.35. The van der Waals surface area contributed by atoms with Gasteiger partial charge in [-0.05, 0) is 61.7 Å². The largest absolute Gasteiger partial charge is 0.457 e. The molecule has 0 saturated carbocycles. The van der Waals surface area contributed by atoms with Crippen molar-refractivity contribution in [2.75, 3.05) is 13.6 Å². The molecule has 2 rings (SSSR count). The van der Waals surface area contributed by atoms with Crippen molar-refractivity contribution in [1.82, 2.24) is 9.88 Å². The topological polar surface area (TPSA) is 54.8 Å². The van der Waals surface area contributed by atoms with E-state index in [0.29, 0.717) is 11.1 Å². The van der Waals surface area contributed by atoms with Gasteiger partial charge in [0, 0.05) is 19.8 Å². The van der Waals surface area contributed by atoms with E-state index in [4.69, 9.17) is 4.74 Å². The van der Waals surface area contributed by atoms with Gasteiger partial charge in [0.05, 0.1) is 17.6 Å². The molecule has 0 bridgehead atoms. The molecule has 0 aliphatic carbocycles. The molecule has 5 nitrogen and oxygen atoms in total. The van der Waals surface area contributed by atoms with Crippen LogP contribution in [0.1, 0.15) is 39.7 Å². The molecular weight excluding hydrogens is 371 g/mol. The van der Waals surface area contributed by atoms with Gasteiger partial charge in [0.1, 0.15) is 12.3 Å². The van der Waals surface area contributed by atoms with E-state index in [-0.39, 0.29) is 12.2 Å². The van der Waals surface area contributed by atoms with Gasteiger partial charge in [-0.1, -0.05) is 0 Å². The number of esters is 1. The van der Waals surface area contributed by atoms with Crippen LogP contribution in [-0.4, -0.2) is 35.8 Å². The second kappa shape index (κ2) is 8.86. The number of ether oxygens (including phenoxy) is 1. The molecule has 0 aliphatic heterocycles. The monoisotopic (exact) mass is 393 g/mol. The summed E-state index contributed by atoms with van der Waals surface area (Å²) in [7, 11) is 1.90. The predicted octanol–water partition coefficient (Wildman–Crippen LogP) is 4.69. The predicted molar refractivity (Wildman–Crippen MR) is 101 cm³/mol. The molecule has 1 aromatic heterocycles. The summed E-state index contributed by atoms with van der Waals surface area (Å²) in [5.41, 5.74) is 1.75. The highest BCUT2D eigenvalue weighted by Gasteiger charge is 2.32. The van der Waals surface area contributed by atoms with Gasteiger partial charge < -0.3 is 9.64 Å². The lowest BCUT2D eigenvalue weighted by molar-refractivity contribution is -0.141. The summed E-state index contributed by atoms with van der Waals surface area (Å²) in [6, 6.07) is 5.69. The number of carbonyl (C=O) groups is 1. The Hall–Kier alpha value is -2.90. The van der Waals surface area contributed by atoms with E-state index < -0.39 is 17.8 Å². The highest BCUT2D eigenvalue weighted by molar-refractivity contribution is 5.92. The molecule has 0 unspecified atom stereocenters. The Labute approximate surface area is 161 Å². The smallest absolute Gasteiger partial charge is 0.433 e. The third-order valence-electron chi connectivity index (χ3n) is 4.14. The van der Waals surface area contributed by atoms with Crippen molar-refractivity contribution in [3.63, 3.8) is 0 Å². The van der Waals surface area contributed by atoms with Crippen molar-refractivity contribution in [2.45, 2.75) is 33.6 Å². The van der Waals surface area contributed by atoms with E-state index in [1.165, 1.54) is 6.07 Å². The number of halogens is 3. The third-order valence-corrected chi connectivity index (χ3v) is 4.14. The van der Waals surface area contributed by atoms with Gasteiger partial charge in [-0.15, -0.1) is 0 Å². The van der Waals surface area contributed by atoms with Gasteiger partial charge in [-0.2, -0.15) is 13.2 Å². The number of carbonyl (C=O) groups excluding carboxylic acids is 1. The number of hydrogen-bond acceptors (Lipinski definition) is 4. The summed E-state index contributed by atoms with van der Waals surface area (Å²) in [4.78, 5) is 22.0. The highest BCUT2D eigenvalue weighted by atomic mass is 19.4. The van der Waals surface area contributed by atoms with Crippen molar-refractivity contribution < 1.29 is 22.7 Å². The van der Waals surface area contributed by atoms with E-state index in [1.54, 1.807) is 25.4 Å². The molecule has 0 radical (unpaired) electrons. The minimum Gasteiger partial charge on any atom is -0.457 e. The van der Waals surface area contributed by atoms with Crippen molar-refractivity contribution in [3.05, 3.63) is 58.4 Å². The molecule has 0 atom stereocenters. The second-order valence-electron chi connectivity index (χ2n) is 6.39. The molecule has 28 heavy (non-hydrogen) atoms. The van der Waals surface area contributed by atoms with E-state index in [2.05, 4.69) is 9.98 Å². The van der Waals surface area contributed by atoms with E-state index in [9.17, 15) is 18.0 Å². The first-order valence-electron chi connectivity index (χ1n) is 8.66. The zero-order valence-corrected chi connectivity index (χ0v) is 16.2. The van der Waals surface area contributed by atoms with Crippen LogP contribution < -0.4 is 0 Å². The molecule has 150 valence electrons. The molecule has 1 aromatic carbocycles. The normalized spacial score (nSPS) is 11.7. The minimum absolute atomic E-state index is 0.217. The minimum atomic E-state index is -4.55. The van der Waals surface area contributed by atoms with E-state index in [0.717, 1.165) is 30.1 Å². The summed E-state index contributed by atoms with van der Waals surface area (Å²) >= 11 is 0. The van der Waals surface area contributed by atoms with Crippen molar-refractivity contribution >= 4 is 18.0 Å². The maximum atomic E-state index is 12.7. The number of aromatic nitrogens is 1. The SMILES string of the molecule is CCN(C)/C=N/c1cc(C)c(C(=O)OCc2ccnc(C(F)(F)F)c2)cc1C. The number of alkyl halides is 3. The zero-order valence-electron chi connectivity index (χ0n) is 16.2. The molecule has 1 heterocycles. The van der Waals surface area contributed by atoms with Crippen LogP contribution in [0.25, 0.3) is 0 Å². The first-order chi connectivity index (χ1) is 13.1. The number of hydrogen-bond donors (Lipinski definition) is 0. The Morgan fingerprint density at radius 3 is 2.61 bits per heavy atom. The number of pyridine rings is 1. The van der Waals surface area contributed by atoms with Crippen LogP contribution >= 0.6 is 0 Å². The second-order valence-corrected chi connectivity index (χ2v) is 6.39. The van der Waals surface area contributed by atoms with Gasteiger partial charge in [-0.25, -0.2) is 9.79 Å². The fourth-order valence-corrected chi connectivity index (χ4v) is 2.35. The molecule has 0 fully saturated rings. The van der Waals surface area contributed by atoms with Crippen molar-refractivity contribution in [2.24, 2.45) is 4.99 Å². The average Bonchev–Trinajstić information content (AvgIpc) is 2.65. The summed E-state index contributed by atoms with van der Waals surface area (Å²) in [5, 5.41) is 0. The lowest BCUT2D eigenvalue weighted by Crippen LogP contribution is -2.14. The van der Waals surface area contributed by atoms with Crippen LogP contribution in [-0.2, 0) is 17.5 Å². The van der Waals surface area contributed by atoms with Crippen molar-refractivity contribution in [1.29, 1.82) is 0 Å². The highest BCUT2D eigenvalue weighted by Crippen LogP contribution is 2.28. The number of aliphatic imine (C=N–C) groups is 1. The molecule has 0 amide bonds. The first-order valence-corrected chi connectivity index (χ1v) is 8.66. The quantitative estimate of drug-likeness (QED) is 0.406. The van der Waals surface area contributed by atoms with Crippen LogP contribution in [0.2, 0.25) is 0 Å². The Morgan fingerprint density at radius 1 is 1.25 bits per heavy atom. The van der Waals surface area contributed by atoms with Crippen LogP contribution in [0.3, 0.4) is 0 Å². The lowest BCUT2D eigenvalue weighted by Gasteiger charge is -2.12. The Bertz CT molecular complexity index is 879. The summed E-state index contributed by atoms with van der Waals surface area (Å²) in [6.45, 7) is 6.13. The number of benzene rings is 1.